The summed E-state index contributed by atoms with van der Waals surface area (Å²) in [5, 5.41) is 1.33. The summed E-state index contributed by atoms with van der Waals surface area (Å²) in [7, 11) is 0. The Morgan fingerprint density at radius 1 is 0.319 bits per heavy atom. The van der Waals surface area contributed by atoms with Gasteiger partial charge in [-0.3, -0.25) is 0 Å². The summed E-state index contributed by atoms with van der Waals surface area (Å²) in [6.45, 7) is 0. The predicted molar refractivity (Wildman–Crippen MR) is 302 cm³/mol. The number of fused-ring (bicyclic) bond motifs is 4. The van der Waals surface area contributed by atoms with Gasteiger partial charge in [0.05, 0.1) is 11.4 Å². The number of hydrogen-bond donors (Lipinski definition) is 0. The smallest absolute Gasteiger partial charge is 0.0541 e. The third kappa shape index (κ3) is 7.80. The summed E-state index contributed by atoms with van der Waals surface area (Å²) < 4.78 is 2.54. The van der Waals surface area contributed by atoms with Crippen LogP contribution in [-0.2, 0) is 6.42 Å². The SMILES string of the molecule is c1ccc(-c2ccc(N(c3ccc(-c4ccc(-c5cccc6c5c5c(n6-c6ccccc6)C(c6ccccc6)c6ccccc6C5)cc4)cc3)c3ccc(-c4ccccc4-c4ccccc4)cc3)cc2)cc1. The average molecular weight is 919 g/mol. The van der Waals surface area contributed by atoms with Gasteiger partial charge >= 0.3 is 0 Å². The molecule has 2 heteroatoms. The van der Waals surface area contributed by atoms with E-state index >= 15 is 0 Å². The molecule has 0 saturated carbocycles. The molecule has 0 radical (unpaired) electrons. The Balaban J connectivity index is 0.861. The van der Waals surface area contributed by atoms with Crippen molar-refractivity contribution in [1.29, 1.82) is 0 Å². The molecule has 1 atom stereocenters. The van der Waals surface area contributed by atoms with Crippen molar-refractivity contribution in [1.82, 2.24) is 4.57 Å². The van der Waals surface area contributed by atoms with Gasteiger partial charge < -0.3 is 9.47 Å². The number of hydrogen-bond acceptors (Lipinski definition) is 1. The third-order valence-electron chi connectivity index (χ3n) is 14.6. The van der Waals surface area contributed by atoms with Crippen molar-refractivity contribution in [3.8, 4) is 61.3 Å². The summed E-state index contributed by atoms with van der Waals surface area (Å²) in [5.41, 5.74) is 24.6. The fourth-order valence-electron chi connectivity index (χ4n) is 11.2. The average Bonchev–Trinajstić information content (AvgIpc) is 3.80. The maximum atomic E-state index is 2.54. The van der Waals surface area contributed by atoms with Gasteiger partial charge in [0.15, 0.2) is 0 Å². The largest absolute Gasteiger partial charge is 0.312 e. The van der Waals surface area contributed by atoms with Crippen molar-refractivity contribution in [2.24, 2.45) is 0 Å². The highest BCUT2D eigenvalue weighted by molar-refractivity contribution is 6.01. The summed E-state index contributed by atoms with van der Waals surface area (Å²) in [4.78, 5) is 2.36. The molecule has 1 aliphatic rings. The van der Waals surface area contributed by atoms with Gasteiger partial charge in [0, 0.05) is 40.3 Å². The zero-order chi connectivity index (χ0) is 47.8. The Kier molecular flexibility index (Phi) is 11.1. The van der Waals surface area contributed by atoms with Crippen LogP contribution in [0.2, 0.25) is 0 Å². The molecule has 1 aromatic heterocycles. The molecule has 0 amide bonds. The van der Waals surface area contributed by atoms with E-state index in [9.17, 15) is 0 Å². The lowest BCUT2D eigenvalue weighted by molar-refractivity contribution is 0.820. The molecule has 12 aromatic rings. The molecule has 340 valence electrons. The lowest BCUT2D eigenvalue weighted by Gasteiger charge is -2.29. The van der Waals surface area contributed by atoms with Gasteiger partial charge in [0.1, 0.15) is 0 Å². The molecule has 72 heavy (non-hydrogen) atoms. The zero-order valence-electron chi connectivity index (χ0n) is 39.8. The molecule has 1 aliphatic carbocycles. The number of benzene rings is 11. The van der Waals surface area contributed by atoms with Crippen molar-refractivity contribution < 1.29 is 0 Å². The van der Waals surface area contributed by atoms with E-state index in [0.29, 0.717) is 0 Å². The Bertz CT molecular complexity index is 3820. The fourth-order valence-corrected chi connectivity index (χ4v) is 11.2. The van der Waals surface area contributed by atoms with Crippen LogP contribution in [0.3, 0.4) is 0 Å². The minimum Gasteiger partial charge on any atom is -0.312 e. The maximum Gasteiger partial charge on any atom is 0.0541 e. The summed E-state index contributed by atoms with van der Waals surface area (Å²) in [6.07, 6.45) is 0.882. The standard InChI is InChI=1S/C70H50N2/c1-5-18-49(19-6-1)51-36-42-59(43-37-51)71(61-46-40-54(41-47-61)63-28-16-15-27-62(63)53-20-7-2-8-21-53)60-44-38-52(39-45-60)50-32-34-55(35-33-50)64-30-17-31-67-69(64)66-48-57-24-13-14-29-65(57)68(56-22-9-3-10-23-56)70(66)72(67)58-25-11-4-12-26-58/h1-47,68H,48H2. The minimum atomic E-state index is 0.100. The number of rotatable bonds is 10. The van der Waals surface area contributed by atoms with Crippen molar-refractivity contribution in [3.63, 3.8) is 0 Å². The first-order valence-corrected chi connectivity index (χ1v) is 25.0. The second-order valence-electron chi connectivity index (χ2n) is 18.8. The third-order valence-corrected chi connectivity index (χ3v) is 14.6. The van der Waals surface area contributed by atoms with E-state index in [2.05, 4.69) is 295 Å². The molecule has 1 unspecified atom stereocenters. The summed E-state index contributed by atoms with van der Waals surface area (Å²) >= 11 is 0. The van der Waals surface area contributed by atoms with Crippen LogP contribution in [-0.4, -0.2) is 4.57 Å². The lowest BCUT2D eigenvalue weighted by atomic mass is 9.77. The van der Waals surface area contributed by atoms with Gasteiger partial charge in [-0.25, -0.2) is 0 Å². The van der Waals surface area contributed by atoms with E-state index in [1.54, 1.807) is 0 Å². The fraction of sp³-hybridized carbons (Fsp3) is 0.0286. The molecule has 11 aromatic carbocycles. The Labute approximate surface area is 422 Å². The van der Waals surface area contributed by atoms with Crippen LogP contribution in [0.4, 0.5) is 17.1 Å². The van der Waals surface area contributed by atoms with E-state index in [1.807, 2.05) is 0 Å². The Morgan fingerprint density at radius 3 is 1.31 bits per heavy atom. The predicted octanol–water partition coefficient (Wildman–Crippen LogP) is 18.5. The monoisotopic (exact) mass is 918 g/mol. The molecule has 0 fully saturated rings. The first kappa shape index (κ1) is 42.8. The topological polar surface area (TPSA) is 8.17 Å². The summed E-state index contributed by atoms with van der Waals surface area (Å²) in [5.74, 6) is 0.100. The number of aromatic nitrogens is 1. The highest BCUT2D eigenvalue weighted by Crippen LogP contribution is 2.49. The van der Waals surface area contributed by atoms with Crippen molar-refractivity contribution >= 4 is 28.0 Å². The van der Waals surface area contributed by atoms with Gasteiger partial charge in [0.2, 0.25) is 0 Å². The first-order chi connectivity index (χ1) is 35.7. The Morgan fingerprint density at radius 2 is 0.722 bits per heavy atom. The van der Waals surface area contributed by atoms with E-state index in [-0.39, 0.29) is 5.92 Å². The van der Waals surface area contributed by atoms with Crippen molar-refractivity contribution in [2.45, 2.75) is 12.3 Å². The van der Waals surface area contributed by atoms with E-state index in [0.717, 1.165) is 23.5 Å². The first-order valence-electron chi connectivity index (χ1n) is 25.0. The van der Waals surface area contributed by atoms with Crippen molar-refractivity contribution in [3.05, 3.63) is 313 Å². The lowest BCUT2D eigenvalue weighted by Crippen LogP contribution is -2.17. The van der Waals surface area contributed by atoms with E-state index < -0.39 is 0 Å². The zero-order valence-corrected chi connectivity index (χ0v) is 39.8. The minimum absolute atomic E-state index is 0.100. The van der Waals surface area contributed by atoms with Gasteiger partial charge in [0.25, 0.3) is 0 Å². The summed E-state index contributed by atoms with van der Waals surface area (Å²) in [6, 6.07) is 104. The van der Waals surface area contributed by atoms with Crippen LogP contribution in [0.15, 0.2) is 285 Å². The van der Waals surface area contributed by atoms with E-state index in [4.69, 9.17) is 0 Å². The highest BCUT2D eigenvalue weighted by atomic mass is 15.1. The van der Waals surface area contributed by atoms with Crippen LogP contribution < -0.4 is 4.90 Å². The number of anilines is 3. The molecule has 0 bridgehead atoms. The molecular weight excluding hydrogens is 869 g/mol. The molecule has 2 nitrogen and oxygen atoms in total. The maximum absolute atomic E-state index is 2.54. The van der Waals surface area contributed by atoms with Crippen molar-refractivity contribution in [2.75, 3.05) is 4.90 Å². The number of nitrogens with zero attached hydrogens (tertiary/aromatic N) is 2. The molecular formula is C70H50N2. The number of para-hydroxylation sites is 1. The molecule has 0 spiro atoms. The molecule has 0 saturated heterocycles. The quantitative estimate of drug-likeness (QED) is 0.133. The van der Waals surface area contributed by atoms with Crippen LogP contribution in [0.1, 0.15) is 33.9 Å². The van der Waals surface area contributed by atoms with Crippen LogP contribution >= 0.6 is 0 Å². The Hall–Kier alpha value is -9.24. The molecule has 13 rings (SSSR count). The molecule has 1 heterocycles. The van der Waals surface area contributed by atoms with Gasteiger partial charge in [-0.05, 0) is 132 Å². The van der Waals surface area contributed by atoms with Gasteiger partial charge in [-0.15, -0.1) is 0 Å². The highest BCUT2D eigenvalue weighted by Gasteiger charge is 2.34. The van der Waals surface area contributed by atoms with Crippen LogP contribution in [0.25, 0.3) is 72.2 Å². The van der Waals surface area contributed by atoms with Gasteiger partial charge in [-0.1, -0.05) is 231 Å². The van der Waals surface area contributed by atoms with E-state index in [1.165, 1.54) is 100 Å². The second-order valence-corrected chi connectivity index (χ2v) is 18.8. The van der Waals surface area contributed by atoms with Gasteiger partial charge in [-0.2, -0.15) is 0 Å². The molecule has 0 aliphatic heterocycles. The molecule has 0 N–H and O–H groups in total. The normalized spacial score (nSPS) is 12.8. The second kappa shape index (κ2) is 18.6. The van der Waals surface area contributed by atoms with Crippen LogP contribution in [0.5, 0.6) is 0 Å². The van der Waals surface area contributed by atoms with Crippen LogP contribution in [0, 0.1) is 0 Å².